The highest BCUT2D eigenvalue weighted by Crippen LogP contribution is 2.26. The monoisotopic (exact) mass is 645 g/mol. The molecule has 2 fully saturated rings. The zero-order valence-electron chi connectivity index (χ0n) is 31.8. The van der Waals surface area contributed by atoms with Crippen LogP contribution in [-0.2, 0) is 0 Å². The summed E-state index contributed by atoms with van der Waals surface area (Å²) in [5.41, 5.74) is 9.12. The van der Waals surface area contributed by atoms with Gasteiger partial charge in [-0.2, -0.15) is 4.99 Å². The molecule has 268 valence electrons. The van der Waals surface area contributed by atoms with E-state index in [1.54, 1.807) is 0 Å². The number of nitrogens with one attached hydrogen (secondary N) is 3. The summed E-state index contributed by atoms with van der Waals surface area (Å²) in [5, 5.41) is 6.91. The molecule has 4 unspecified atom stereocenters. The van der Waals surface area contributed by atoms with Crippen molar-refractivity contribution in [1.29, 1.82) is 0 Å². The molecule has 0 saturated carbocycles. The first-order valence-electron chi connectivity index (χ1n) is 18.9. The van der Waals surface area contributed by atoms with Gasteiger partial charge in [0.15, 0.2) is 0 Å². The number of nitrogens with two attached hydrogens (primary N) is 1. The van der Waals surface area contributed by atoms with Gasteiger partial charge < -0.3 is 26.3 Å². The normalized spacial score (nSPS) is 18.8. The summed E-state index contributed by atoms with van der Waals surface area (Å²) in [4.78, 5) is 18.2. The first-order chi connectivity index (χ1) is 22.4. The van der Waals surface area contributed by atoms with Gasteiger partial charge in [0.2, 0.25) is 5.95 Å². The largest absolute Gasteiger partial charge is 0.389 e. The fraction of sp³-hybridized carbons (Fsp3) is 0.789. The minimum Gasteiger partial charge on any atom is -0.389 e. The molecule has 1 aromatic heterocycles. The number of amidine groups is 1. The van der Waals surface area contributed by atoms with Gasteiger partial charge >= 0.3 is 0 Å². The van der Waals surface area contributed by atoms with Crippen molar-refractivity contribution in [2.45, 2.75) is 138 Å². The molecule has 0 aliphatic carbocycles. The van der Waals surface area contributed by atoms with Crippen molar-refractivity contribution in [3.05, 3.63) is 36.8 Å². The molecule has 3 heterocycles. The van der Waals surface area contributed by atoms with Crippen LogP contribution in [0.3, 0.4) is 0 Å². The number of unbranched alkanes of at least 4 members (excludes halogenated alkanes) is 2. The lowest BCUT2D eigenvalue weighted by atomic mass is 9.89. The summed E-state index contributed by atoms with van der Waals surface area (Å²) in [7, 11) is 2.03. The fourth-order valence-electron chi connectivity index (χ4n) is 5.76. The van der Waals surface area contributed by atoms with Gasteiger partial charge in [-0.1, -0.05) is 100 Å². The van der Waals surface area contributed by atoms with E-state index in [0.29, 0.717) is 11.9 Å². The van der Waals surface area contributed by atoms with Gasteiger partial charge in [-0.3, -0.25) is 4.90 Å². The van der Waals surface area contributed by atoms with Crippen LogP contribution in [0.25, 0.3) is 0 Å². The molecule has 3 rings (SSSR count). The van der Waals surface area contributed by atoms with Crippen molar-refractivity contribution < 1.29 is 0 Å². The number of aromatic amines is 1. The van der Waals surface area contributed by atoms with Gasteiger partial charge in [-0.15, -0.1) is 6.58 Å². The zero-order valence-corrected chi connectivity index (χ0v) is 31.8. The van der Waals surface area contributed by atoms with E-state index >= 15 is 0 Å². The Morgan fingerprint density at radius 2 is 1.80 bits per heavy atom. The second-order valence-corrected chi connectivity index (χ2v) is 12.3. The highest BCUT2D eigenvalue weighted by Gasteiger charge is 2.28. The van der Waals surface area contributed by atoms with Crippen LogP contribution in [0.4, 0.5) is 5.95 Å². The van der Waals surface area contributed by atoms with E-state index in [0.717, 1.165) is 81.6 Å². The Kier molecular flexibility index (Phi) is 26.6. The van der Waals surface area contributed by atoms with Crippen molar-refractivity contribution in [1.82, 2.24) is 30.4 Å². The number of aliphatic imine (C=N–C) groups is 1. The molecule has 46 heavy (non-hydrogen) atoms. The van der Waals surface area contributed by atoms with Gasteiger partial charge in [-0.05, 0) is 58.0 Å². The molecule has 5 N–H and O–H groups in total. The van der Waals surface area contributed by atoms with E-state index in [4.69, 9.17) is 10.7 Å². The molecule has 0 amide bonds. The van der Waals surface area contributed by atoms with Crippen molar-refractivity contribution >= 4 is 11.8 Å². The van der Waals surface area contributed by atoms with Crippen LogP contribution in [0.5, 0.6) is 0 Å². The summed E-state index contributed by atoms with van der Waals surface area (Å²) in [6.45, 7) is 31.1. The predicted octanol–water partition coefficient (Wildman–Crippen LogP) is 8.59. The molecule has 0 aromatic carbocycles. The highest BCUT2D eigenvalue weighted by atomic mass is 15.3. The Bertz CT molecular complexity index is 902. The first kappa shape index (κ1) is 43.8. The minimum atomic E-state index is -0.145. The second kappa shape index (κ2) is 27.9. The quantitative estimate of drug-likeness (QED) is 0.0818. The van der Waals surface area contributed by atoms with Crippen LogP contribution in [0.15, 0.2) is 36.1 Å². The van der Waals surface area contributed by atoms with Crippen LogP contribution in [0.1, 0.15) is 138 Å². The maximum absolute atomic E-state index is 6.90. The average molecular weight is 645 g/mol. The molecule has 0 radical (unpaired) electrons. The lowest BCUT2D eigenvalue weighted by Crippen LogP contribution is -2.53. The van der Waals surface area contributed by atoms with E-state index in [1.807, 2.05) is 47.0 Å². The lowest BCUT2D eigenvalue weighted by Gasteiger charge is -2.38. The first-order valence-corrected chi connectivity index (χ1v) is 18.9. The van der Waals surface area contributed by atoms with Crippen LogP contribution < -0.4 is 16.4 Å². The molecule has 4 atom stereocenters. The van der Waals surface area contributed by atoms with Crippen LogP contribution in [-0.4, -0.2) is 78.0 Å². The Morgan fingerprint density at radius 1 is 1.11 bits per heavy atom. The molecule has 0 spiro atoms. The Balaban J connectivity index is 0.00000201. The lowest BCUT2D eigenvalue weighted by molar-refractivity contribution is 0.177. The van der Waals surface area contributed by atoms with Crippen molar-refractivity contribution in [3.8, 4) is 0 Å². The summed E-state index contributed by atoms with van der Waals surface area (Å²) < 4.78 is 0. The van der Waals surface area contributed by atoms with Crippen molar-refractivity contribution in [2.24, 2.45) is 22.6 Å². The van der Waals surface area contributed by atoms with E-state index < -0.39 is 0 Å². The van der Waals surface area contributed by atoms with Crippen LogP contribution >= 0.6 is 0 Å². The Labute approximate surface area is 285 Å². The number of rotatable bonds is 16. The van der Waals surface area contributed by atoms with Gasteiger partial charge in [0.1, 0.15) is 5.84 Å². The van der Waals surface area contributed by atoms with Crippen LogP contribution in [0, 0.1) is 11.8 Å². The smallest absolute Gasteiger partial charge is 0.228 e. The minimum absolute atomic E-state index is 0.145. The molecule has 2 aliphatic heterocycles. The molecule has 2 aliphatic rings. The van der Waals surface area contributed by atoms with Crippen molar-refractivity contribution in [2.75, 3.05) is 46.3 Å². The second-order valence-electron chi connectivity index (χ2n) is 12.3. The maximum Gasteiger partial charge on any atom is 0.228 e. The predicted molar refractivity (Wildman–Crippen MR) is 204 cm³/mol. The van der Waals surface area contributed by atoms with Gasteiger partial charge in [0.05, 0.1) is 17.9 Å². The molecule has 8 heteroatoms. The number of piperazine rings is 1. The summed E-state index contributed by atoms with van der Waals surface area (Å²) in [6.07, 6.45) is 16.7. The van der Waals surface area contributed by atoms with Crippen LogP contribution in [0.2, 0.25) is 0 Å². The standard InChI is InChI=1S/C29H54N8.C5H10.2C2H6/c1-6-8-15-36-16-18-37(19-17-36)28(25(30)20-24-12-10-14-32-23(24)4)35-29-33-21-27(34-29)26(31-5)13-9-11-22(3)7-2;1-3-5-4-2;2*1-2/h21-22,24-26,31-32H,4,6-20,30H2,1-3,5H3,(H,33,34);3H,1,4-5H2,2H3;2*1-2H3/b35-28+;;;. The number of nitrogens with zero attached hydrogens (tertiary/aromatic N) is 4. The third-order valence-electron chi connectivity index (χ3n) is 8.87. The van der Waals surface area contributed by atoms with Crippen molar-refractivity contribution in [3.63, 3.8) is 0 Å². The number of piperidine rings is 1. The van der Waals surface area contributed by atoms with Gasteiger partial charge in [-0.25, -0.2) is 4.98 Å². The Morgan fingerprint density at radius 3 is 2.35 bits per heavy atom. The molecule has 1 aromatic rings. The third kappa shape index (κ3) is 17.1. The number of H-pyrrole nitrogens is 1. The third-order valence-corrected chi connectivity index (χ3v) is 8.87. The number of aromatic nitrogens is 2. The van der Waals surface area contributed by atoms with E-state index in [9.17, 15) is 0 Å². The van der Waals surface area contributed by atoms with Gasteiger partial charge in [0, 0.05) is 50.4 Å². The van der Waals surface area contributed by atoms with E-state index in [-0.39, 0.29) is 12.1 Å². The number of imidazole rings is 1. The molecule has 0 bridgehead atoms. The number of hydrogen-bond donors (Lipinski definition) is 4. The topological polar surface area (TPSA) is 97.6 Å². The summed E-state index contributed by atoms with van der Waals surface area (Å²) in [5.74, 6) is 2.80. The molecule has 2 saturated heterocycles. The van der Waals surface area contributed by atoms with E-state index in [1.165, 1.54) is 51.5 Å². The molecular formula is C38H76N8. The number of allylic oxidation sites excluding steroid dienone is 2. The SMILES string of the molecule is C=C1NCCCC1CC(N)/C(=N\c1ncc(C(CCCC(C)CC)NC)[nH]1)N1CCN(CCCC)CC1.C=CCCC.CC.CC. The zero-order chi connectivity index (χ0) is 34.7. The Hall–Kier alpha value is -2.16. The fourth-order valence-corrected chi connectivity index (χ4v) is 5.76. The maximum atomic E-state index is 6.90. The highest BCUT2D eigenvalue weighted by molar-refractivity contribution is 5.89. The molecule has 8 nitrogen and oxygen atoms in total. The van der Waals surface area contributed by atoms with E-state index in [2.05, 4.69) is 71.3 Å². The van der Waals surface area contributed by atoms with Gasteiger partial charge in [0.25, 0.3) is 0 Å². The molecular weight excluding hydrogens is 568 g/mol. The summed E-state index contributed by atoms with van der Waals surface area (Å²) in [6, 6.07) is 0.115. The summed E-state index contributed by atoms with van der Waals surface area (Å²) >= 11 is 0. The average Bonchev–Trinajstić information content (AvgIpc) is 3.56. The number of hydrogen-bond acceptors (Lipinski definition) is 6.